The van der Waals surface area contributed by atoms with Crippen molar-refractivity contribution in [3.63, 3.8) is 0 Å². The molecule has 2 aliphatic rings. The summed E-state index contributed by atoms with van der Waals surface area (Å²) in [6.07, 6.45) is 4.80. The number of ether oxygens (including phenoxy) is 2. The average Bonchev–Trinajstić information content (AvgIpc) is 2.92. The predicted molar refractivity (Wildman–Crippen MR) is 156 cm³/mol. The van der Waals surface area contributed by atoms with Crippen LogP contribution in [0.15, 0.2) is 66.9 Å². The summed E-state index contributed by atoms with van der Waals surface area (Å²) < 4.78 is 37.4. The lowest BCUT2D eigenvalue weighted by Crippen LogP contribution is -2.51. The molecule has 1 amide bonds. The second kappa shape index (κ2) is 11.2. The van der Waals surface area contributed by atoms with Crippen LogP contribution in [0.2, 0.25) is 0 Å². The van der Waals surface area contributed by atoms with Gasteiger partial charge in [0, 0.05) is 32.1 Å². The highest BCUT2D eigenvalue weighted by atomic mass is 32.2. The number of nitrogens with zero attached hydrogens (tertiary/aromatic N) is 2. The smallest absolute Gasteiger partial charge is 0.409 e. The van der Waals surface area contributed by atoms with Crippen molar-refractivity contribution in [2.45, 2.75) is 63.6 Å². The average molecular weight is 563 g/mol. The Morgan fingerprint density at radius 3 is 2.38 bits per heavy atom. The monoisotopic (exact) mass is 562 g/mol. The lowest BCUT2D eigenvalue weighted by molar-refractivity contribution is -0.0171. The molecule has 0 aliphatic carbocycles. The second-order valence-electron chi connectivity index (χ2n) is 12.3. The molecule has 0 bridgehead atoms. The molecule has 2 aliphatic heterocycles. The Kier molecular flexibility index (Phi) is 7.91. The first-order valence-corrected chi connectivity index (χ1v) is 15.7. The quantitative estimate of drug-likeness (QED) is 0.355. The van der Waals surface area contributed by atoms with Gasteiger partial charge in [0.25, 0.3) is 0 Å². The zero-order valence-electron chi connectivity index (χ0n) is 23.6. The van der Waals surface area contributed by atoms with Crippen LogP contribution in [0.5, 0.6) is 5.75 Å². The van der Waals surface area contributed by atoms with E-state index >= 15 is 0 Å². The molecule has 0 atom stereocenters. The van der Waals surface area contributed by atoms with Crippen molar-refractivity contribution in [1.29, 1.82) is 0 Å². The molecule has 212 valence electrons. The first-order chi connectivity index (χ1) is 19.0. The first-order valence-electron chi connectivity index (χ1n) is 13.9. The highest BCUT2D eigenvalue weighted by Gasteiger charge is 2.41. The zero-order chi connectivity index (χ0) is 28.4. The molecule has 1 saturated heterocycles. The minimum Gasteiger partial charge on any atom is -0.487 e. The molecule has 0 N–H and O–H groups in total. The molecule has 7 nitrogen and oxygen atoms in total. The third kappa shape index (κ3) is 7.02. The van der Waals surface area contributed by atoms with E-state index in [0.29, 0.717) is 25.4 Å². The van der Waals surface area contributed by atoms with Crippen LogP contribution in [-0.2, 0) is 32.5 Å². The fourth-order valence-electron chi connectivity index (χ4n) is 5.33. The van der Waals surface area contributed by atoms with E-state index in [4.69, 9.17) is 9.47 Å². The predicted octanol–water partition coefficient (Wildman–Crippen LogP) is 6.21. The van der Waals surface area contributed by atoms with E-state index in [9.17, 15) is 13.2 Å². The summed E-state index contributed by atoms with van der Waals surface area (Å²) in [6, 6.07) is 19.3. The summed E-state index contributed by atoms with van der Waals surface area (Å²) in [5.41, 5.74) is 4.33. The molecule has 3 heterocycles. The molecule has 8 heteroatoms. The van der Waals surface area contributed by atoms with Gasteiger partial charge in [-0.15, -0.1) is 0 Å². The number of carbonyl (C=O) groups excluding carboxylic acids is 1. The fraction of sp³-hybridized carbons (Fsp3) is 0.438. The molecule has 0 radical (unpaired) electrons. The molecule has 0 unspecified atom stereocenters. The molecule has 0 saturated carbocycles. The summed E-state index contributed by atoms with van der Waals surface area (Å²) in [5.74, 6) is 0.827. The Hall–Kier alpha value is -3.39. The third-order valence-corrected chi connectivity index (χ3v) is 9.07. The van der Waals surface area contributed by atoms with Crippen molar-refractivity contribution >= 4 is 15.9 Å². The van der Waals surface area contributed by atoms with Crippen molar-refractivity contribution in [2.24, 2.45) is 5.41 Å². The van der Waals surface area contributed by atoms with Gasteiger partial charge in [-0.1, -0.05) is 57.2 Å². The van der Waals surface area contributed by atoms with Gasteiger partial charge in [0.05, 0.1) is 23.8 Å². The molecular weight excluding hydrogens is 524 g/mol. The van der Waals surface area contributed by atoms with Crippen LogP contribution in [0.3, 0.4) is 0 Å². The van der Waals surface area contributed by atoms with Crippen LogP contribution >= 0.6 is 0 Å². The third-order valence-electron chi connectivity index (χ3n) is 7.57. The van der Waals surface area contributed by atoms with E-state index in [1.54, 1.807) is 29.3 Å². The van der Waals surface area contributed by atoms with Crippen LogP contribution < -0.4 is 4.74 Å². The normalized spacial score (nSPS) is 16.7. The lowest BCUT2D eigenvalue weighted by atomic mass is 9.82. The van der Waals surface area contributed by atoms with Crippen LogP contribution in [0, 0.1) is 5.41 Å². The number of sulfone groups is 1. The summed E-state index contributed by atoms with van der Waals surface area (Å²) in [4.78, 5) is 18.4. The van der Waals surface area contributed by atoms with Crippen LogP contribution in [0.1, 0.15) is 56.9 Å². The summed E-state index contributed by atoms with van der Waals surface area (Å²) in [7, 11) is -3.32. The molecular formula is C32H38N2O5S. The van der Waals surface area contributed by atoms with Crippen molar-refractivity contribution in [1.82, 2.24) is 9.88 Å². The Balaban J connectivity index is 1.18. The molecule has 3 aromatic rings. The summed E-state index contributed by atoms with van der Waals surface area (Å²) in [6.45, 7) is 7.85. The highest BCUT2D eigenvalue weighted by Crippen LogP contribution is 2.41. The van der Waals surface area contributed by atoms with Crippen LogP contribution in [-0.4, -0.2) is 49.7 Å². The van der Waals surface area contributed by atoms with Gasteiger partial charge in [-0.05, 0) is 64.8 Å². The molecule has 40 heavy (non-hydrogen) atoms. The molecule has 1 aromatic heterocycles. The van der Waals surface area contributed by atoms with E-state index in [1.807, 2.05) is 30.3 Å². The second-order valence-corrected chi connectivity index (χ2v) is 14.3. The minimum atomic E-state index is -3.32. The highest BCUT2D eigenvalue weighted by molar-refractivity contribution is 7.89. The van der Waals surface area contributed by atoms with Crippen LogP contribution in [0.4, 0.5) is 4.79 Å². The number of aromatic nitrogens is 1. The van der Waals surface area contributed by atoms with E-state index in [2.05, 4.69) is 37.9 Å². The number of likely N-dealkylation sites (tertiary alicyclic amines) is 1. The Morgan fingerprint density at radius 2 is 1.70 bits per heavy atom. The molecule has 5 rings (SSSR count). The minimum absolute atomic E-state index is 0.0181. The van der Waals surface area contributed by atoms with Crippen LogP contribution in [0.25, 0.3) is 11.1 Å². The van der Waals surface area contributed by atoms with Gasteiger partial charge < -0.3 is 14.4 Å². The van der Waals surface area contributed by atoms with E-state index < -0.39 is 9.84 Å². The van der Waals surface area contributed by atoms with Gasteiger partial charge in [-0.2, -0.15) is 0 Å². The number of piperidine rings is 1. The van der Waals surface area contributed by atoms with Gasteiger partial charge in [-0.25, -0.2) is 13.2 Å². The van der Waals surface area contributed by atoms with Crippen molar-refractivity contribution in [3.05, 3.63) is 83.7 Å². The van der Waals surface area contributed by atoms with E-state index in [-0.39, 0.29) is 28.6 Å². The van der Waals surface area contributed by atoms with Gasteiger partial charge in [0.1, 0.15) is 11.4 Å². The van der Waals surface area contributed by atoms with Crippen molar-refractivity contribution in [3.8, 4) is 16.9 Å². The zero-order valence-corrected chi connectivity index (χ0v) is 24.4. The number of aryl methyl sites for hydroxylation is 1. The van der Waals surface area contributed by atoms with Crippen molar-refractivity contribution in [2.75, 3.05) is 19.7 Å². The van der Waals surface area contributed by atoms with Crippen molar-refractivity contribution < 1.29 is 22.7 Å². The fourth-order valence-corrected chi connectivity index (χ4v) is 6.75. The molecule has 1 spiro atoms. The largest absolute Gasteiger partial charge is 0.487 e. The SMILES string of the molecule is CC(C)(C)COC(=O)N1CCC2(CCc3cc(-c4ccc(CS(=O)(=O)Cc5ccccn5)cc4)ccc3O2)CC1. The number of carbonyl (C=O) groups is 1. The molecule has 2 aromatic carbocycles. The lowest BCUT2D eigenvalue weighted by Gasteiger charge is -2.44. The first kappa shape index (κ1) is 28.1. The van der Waals surface area contributed by atoms with E-state index in [1.165, 1.54) is 5.56 Å². The Labute approximate surface area is 237 Å². The molecule has 1 fully saturated rings. The van der Waals surface area contributed by atoms with Gasteiger partial charge in [0.15, 0.2) is 9.84 Å². The Bertz CT molecular complexity index is 1440. The topological polar surface area (TPSA) is 85.8 Å². The maximum atomic E-state index is 12.6. The van der Waals surface area contributed by atoms with Gasteiger partial charge in [-0.3, -0.25) is 4.98 Å². The summed E-state index contributed by atoms with van der Waals surface area (Å²) >= 11 is 0. The number of hydrogen-bond donors (Lipinski definition) is 0. The number of benzene rings is 2. The van der Waals surface area contributed by atoms with E-state index in [0.717, 1.165) is 48.1 Å². The van der Waals surface area contributed by atoms with Gasteiger partial charge >= 0.3 is 6.09 Å². The Morgan fingerprint density at radius 1 is 0.975 bits per heavy atom. The summed E-state index contributed by atoms with van der Waals surface area (Å²) in [5, 5.41) is 0. The number of rotatable bonds is 6. The maximum absolute atomic E-state index is 12.6. The standard InChI is InChI=1S/C32H38N2O5S/c1-31(2,3)23-38-30(35)34-18-15-32(16-19-34)14-13-27-20-26(11-12-29(27)39-32)25-9-7-24(8-10-25)21-40(36,37)22-28-6-4-5-17-33-28/h4-12,17,20H,13-16,18-19,21-23H2,1-3H3. The van der Waals surface area contributed by atoms with Gasteiger partial charge in [0.2, 0.25) is 0 Å². The number of pyridine rings is 1. The number of fused-ring (bicyclic) bond motifs is 1. The number of amides is 1. The maximum Gasteiger partial charge on any atom is 0.409 e. The number of hydrogen-bond acceptors (Lipinski definition) is 6.